The molecular weight excluding hydrogens is 368 g/mol. The van der Waals surface area contributed by atoms with Crippen LogP contribution in [0.2, 0.25) is 0 Å². The topological polar surface area (TPSA) is 23.6 Å². The van der Waals surface area contributed by atoms with E-state index in [0.717, 1.165) is 58.4 Å². The monoisotopic (exact) mass is 402 g/mol. The van der Waals surface area contributed by atoms with Crippen LogP contribution in [0.25, 0.3) is 5.57 Å². The van der Waals surface area contributed by atoms with Crippen LogP contribution < -0.4 is 0 Å². The summed E-state index contributed by atoms with van der Waals surface area (Å²) in [5.74, 6) is 1.03. The van der Waals surface area contributed by atoms with Gasteiger partial charge in [0.15, 0.2) is 0 Å². The minimum Gasteiger partial charge on any atom is -0.342 e. The third-order valence-electron chi connectivity index (χ3n) is 6.58. The molecule has 1 atom stereocenters. The van der Waals surface area contributed by atoms with Crippen molar-refractivity contribution in [2.45, 2.75) is 39.0 Å². The fourth-order valence-corrected chi connectivity index (χ4v) is 4.85. The number of rotatable bonds is 6. The molecule has 2 aromatic carbocycles. The van der Waals surface area contributed by atoms with Gasteiger partial charge in [0.2, 0.25) is 5.91 Å². The molecule has 1 amide bonds. The van der Waals surface area contributed by atoms with Gasteiger partial charge in [-0.1, -0.05) is 73.2 Å². The standard InChI is InChI=1S/C27H34N2O/c1-22-14-20-29(21-22)26(30)13-8-17-28-18-15-25(16-19-28)27(23-9-4-2-5-10-23)24-11-6-3-7-12-24/h2-7,9-12,22H,8,13-21H2,1H3. The van der Waals surface area contributed by atoms with E-state index in [1.165, 1.54) is 16.7 Å². The van der Waals surface area contributed by atoms with Crippen molar-refractivity contribution in [3.05, 3.63) is 77.4 Å². The molecule has 2 aliphatic heterocycles. The molecule has 2 aromatic rings. The van der Waals surface area contributed by atoms with Gasteiger partial charge in [-0.15, -0.1) is 0 Å². The Morgan fingerprint density at radius 3 is 2.03 bits per heavy atom. The first-order chi connectivity index (χ1) is 14.7. The molecule has 2 saturated heterocycles. The highest BCUT2D eigenvalue weighted by Crippen LogP contribution is 2.32. The van der Waals surface area contributed by atoms with E-state index in [1.807, 2.05) is 0 Å². The summed E-state index contributed by atoms with van der Waals surface area (Å²) in [5, 5.41) is 0. The minimum atomic E-state index is 0.354. The van der Waals surface area contributed by atoms with Gasteiger partial charge in [-0.05, 0) is 54.8 Å². The molecule has 0 radical (unpaired) electrons. The van der Waals surface area contributed by atoms with E-state index in [2.05, 4.69) is 77.4 Å². The molecule has 0 spiro atoms. The van der Waals surface area contributed by atoms with Crippen molar-refractivity contribution in [3.63, 3.8) is 0 Å². The maximum Gasteiger partial charge on any atom is 0.222 e. The zero-order valence-corrected chi connectivity index (χ0v) is 18.2. The summed E-state index contributed by atoms with van der Waals surface area (Å²) in [4.78, 5) is 17.0. The molecule has 30 heavy (non-hydrogen) atoms. The summed E-state index contributed by atoms with van der Waals surface area (Å²) in [5.41, 5.74) is 5.61. The third-order valence-corrected chi connectivity index (χ3v) is 6.58. The molecule has 3 heteroatoms. The van der Waals surface area contributed by atoms with Crippen LogP contribution in [0.15, 0.2) is 66.2 Å². The Labute approximate surface area is 181 Å². The van der Waals surface area contributed by atoms with Crippen LogP contribution >= 0.6 is 0 Å². The second-order valence-electron chi connectivity index (χ2n) is 8.89. The highest BCUT2D eigenvalue weighted by atomic mass is 16.2. The minimum absolute atomic E-state index is 0.354. The van der Waals surface area contributed by atoms with E-state index < -0.39 is 0 Å². The van der Waals surface area contributed by atoms with Crippen molar-refractivity contribution in [2.24, 2.45) is 5.92 Å². The second-order valence-corrected chi connectivity index (χ2v) is 8.89. The molecule has 0 aromatic heterocycles. The average Bonchev–Trinajstić information content (AvgIpc) is 3.23. The lowest BCUT2D eigenvalue weighted by molar-refractivity contribution is -0.130. The zero-order chi connectivity index (χ0) is 20.8. The Morgan fingerprint density at radius 1 is 0.900 bits per heavy atom. The summed E-state index contributed by atoms with van der Waals surface area (Å²) in [6, 6.07) is 21.6. The Balaban J connectivity index is 1.35. The lowest BCUT2D eigenvalue weighted by Gasteiger charge is -2.30. The molecule has 2 aliphatic rings. The summed E-state index contributed by atoms with van der Waals surface area (Å²) in [6.45, 7) is 7.37. The van der Waals surface area contributed by atoms with Crippen LogP contribution in [-0.2, 0) is 4.79 Å². The van der Waals surface area contributed by atoms with E-state index in [0.29, 0.717) is 18.2 Å². The highest BCUT2D eigenvalue weighted by molar-refractivity contribution is 5.82. The number of hydrogen-bond donors (Lipinski definition) is 0. The summed E-state index contributed by atoms with van der Waals surface area (Å²) < 4.78 is 0. The molecule has 4 rings (SSSR count). The van der Waals surface area contributed by atoms with E-state index in [4.69, 9.17) is 0 Å². The van der Waals surface area contributed by atoms with Crippen LogP contribution in [-0.4, -0.2) is 48.4 Å². The number of piperidine rings is 1. The Hall–Kier alpha value is -2.39. The maximum atomic E-state index is 12.4. The Morgan fingerprint density at radius 2 is 1.50 bits per heavy atom. The van der Waals surface area contributed by atoms with Crippen LogP contribution in [0.1, 0.15) is 50.2 Å². The molecule has 0 N–H and O–H groups in total. The first-order valence-electron chi connectivity index (χ1n) is 11.5. The van der Waals surface area contributed by atoms with Crippen molar-refractivity contribution in [3.8, 4) is 0 Å². The van der Waals surface area contributed by atoms with Gasteiger partial charge in [-0.3, -0.25) is 4.79 Å². The molecule has 3 nitrogen and oxygen atoms in total. The normalized spacial score (nSPS) is 19.8. The summed E-state index contributed by atoms with van der Waals surface area (Å²) >= 11 is 0. The molecule has 1 unspecified atom stereocenters. The van der Waals surface area contributed by atoms with E-state index >= 15 is 0 Å². The lowest BCUT2D eigenvalue weighted by Crippen LogP contribution is -2.33. The van der Waals surface area contributed by atoms with Crippen LogP contribution in [0.3, 0.4) is 0 Å². The number of carbonyl (C=O) groups excluding carboxylic acids is 1. The van der Waals surface area contributed by atoms with Gasteiger partial charge < -0.3 is 9.80 Å². The predicted octanol–water partition coefficient (Wildman–Crippen LogP) is 5.23. The van der Waals surface area contributed by atoms with E-state index in [9.17, 15) is 4.79 Å². The summed E-state index contributed by atoms with van der Waals surface area (Å²) in [7, 11) is 0. The van der Waals surface area contributed by atoms with Crippen molar-refractivity contribution in [2.75, 3.05) is 32.7 Å². The molecule has 0 bridgehead atoms. The number of likely N-dealkylation sites (tertiary alicyclic amines) is 2. The van der Waals surface area contributed by atoms with E-state index in [1.54, 1.807) is 5.57 Å². The van der Waals surface area contributed by atoms with Crippen molar-refractivity contribution >= 4 is 11.5 Å². The average molecular weight is 403 g/mol. The zero-order valence-electron chi connectivity index (χ0n) is 18.2. The Bertz CT molecular complexity index is 807. The van der Waals surface area contributed by atoms with Crippen molar-refractivity contribution in [1.29, 1.82) is 0 Å². The number of hydrogen-bond acceptors (Lipinski definition) is 2. The maximum absolute atomic E-state index is 12.4. The fraction of sp³-hybridized carbons (Fsp3) is 0.444. The van der Waals surface area contributed by atoms with Crippen molar-refractivity contribution < 1.29 is 4.79 Å². The second kappa shape index (κ2) is 10.1. The van der Waals surface area contributed by atoms with Gasteiger partial charge in [0.1, 0.15) is 0 Å². The number of benzene rings is 2. The molecule has 2 heterocycles. The first kappa shape index (κ1) is 20.9. The van der Waals surface area contributed by atoms with Gasteiger partial charge in [0.05, 0.1) is 0 Å². The molecule has 0 saturated carbocycles. The molecule has 158 valence electrons. The number of nitrogens with zero attached hydrogens (tertiary/aromatic N) is 2. The first-order valence-corrected chi connectivity index (χ1v) is 11.5. The molecule has 0 aliphatic carbocycles. The van der Waals surface area contributed by atoms with Crippen LogP contribution in [0.4, 0.5) is 0 Å². The van der Waals surface area contributed by atoms with E-state index in [-0.39, 0.29) is 0 Å². The fourth-order valence-electron chi connectivity index (χ4n) is 4.85. The van der Waals surface area contributed by atoms with Crippen LogP contribution in [0, 0.1) is 5.92 Å². The van der Waals surface area contributed by atoms with Crippen molar-refractivity contribution in [1.82, 2.24) is 9.80 Å². The lowest BCUT2D eigenvalue weighted by atomic mass is 9.88. The number of amides is 1. The smallest absolute Gasteiger partial charge is 0.222 e. The molecular formula is C27H34N2O. The molecule has 2 fully saturated rings. The van der Waals surface area contributed by atoms with Gasteiger partial charge in [0, 0.05) is 32.6 Å². The predicted molar refractivity (Wildman–Crippen MR) is 124 cm³/mol. The highest BCUT2D eigenvalue weighted by Gasteiger charge is 2.23. The Kier molecular flexibility index (Phi) is 7.01. The summed E-state index contributed by atoms with van der Waals surface area (Å²) in [6.07, 6.45) is 5.06. The van der Waals surface area contributed by atoms with Crippen LogP contribution in [0.5, 0.6) is 0 Å². The largest absolute Gasteiger partial charge is 0.342 e. The number of carbonyl (C=O) groups is 1. The quantitative estimate of drug-likeness (QED) is 0.660. The third kappa shape index (κ3) is 5.20. The van der Waals surface area contributed by atoms with Gasteiger partial charge in [-0.25, -0.2) is 0 Å². The van der Waals surface area contributed by atoms with Gasteiger partial charge in [-0.2, -0.15) is 0 Å². The van der Waals surface area contributed by atoms with Gasteiger partial charge in [0.25, 0.3) is 0 Å². The SMILES string of the molecule is CC1CCN(C(=O)CCCN2CCC(=C(c3ccccc3)c3ccccc3)CC2)C1. The van der Waals surface area contributed by atoms with Gasteiger partial charge >= 0.3 is 0 Å².